The number of hydrogen-bond donors (Lipinski definition) is 1. The van der Waals surface area contributed by atoms with Crippen molar-refractivity contribution in [2.75, 3.05) is 18.0 Å². The lowest BCUT2D eigenvalue weighted by Crippen LogP contribution is -2.30. The summed E-state index contributed by atoms with van der Waals surface area (Å²) in [4.78, 5) is 27.6. The molecule has 2 heterocycles. The molecule has 2 aromatic carbocycles. The fourth-order valence-corrected chi connectivity index (χ4v) is 3.51. The van der Waals surface area contributed by atoms with Crippen LogP contribution in [0.4, 0.5) is 19.3 Å². The molecule has 2 aromatic rings. The molecule has 144 valence electrons. The van der Waals surface area contributed by atoms with Crippen molar-refractivity contribution in [2.24, 2.45) is 0 Å². The van der Waals surface area contributed by atoms with Gasteiger partial charge in [0, 0.05) is 18.7 Å². The van der Waals surface area contributed by atoms with E-state index in [1.54, 1.807) is 18.2 Å². The first kappa shape index (κ1) is 18.2. The highest BCUT2D eigenvalue weighted by Crippen LogP contribution is 2.26. The lowest BCUT2D eigenvalue weighted by molar-refractivity contribution is -0.123. The van der Waals surface area contributed by atoms with Gasteiger partial charge in [-0.15, -0.1) is 0 Å². The topological polar surface area (TPSA) is 52.7 Å². The second kappa shape index (κ2) is 7.42. The van der Waals surface area contributed by atoms with Crippen molar-refractivity contribution in [3.8, 4) is 0 Å². The van der Waals surface area contributed by atoms with Crippen LogP contribution in [0.1, 0.15) is 24.0 Å². The molecule has 3 amide bonds. The first-order valence-corrected chi connectivity index (χ1v) is 9.15. The van der Waals surface area contributed by atoms with E-state index in [9.17, 15) is 18.4 Å². The van der Waals surface area contributed by atoms with E-state index in [4.69, 9.17) is 0 Å². The molecule has 1 N–H and O–H groups in total. The zero-order valence-electron chi connectivity index (χ0n) is 15.1. The van der Waals surface area contributed by atoms with Crippen LogP contribution in [0.25, 0.3) is 6.08 Å². The van der Waals surface area contributed by atoms with E-state index in [1.807, 2.05) is 4.90 Å². The van der Waals surface area contributed by atoms with Crippen LogP contribution in [-0.2, 0) is 11.3 Å². The molecule has 4 rings (SSSR count). The molecular weight excluding hydrogens is 364 g/mol. The molecule has 0 aliphatic carbocycles. The van der Waals surface area contributed by atoms with Crippen molar-refractivity contribution in [1.82, 2.24) is 10.2 Å². The number of urea groups is 1. The molecule has 0 saturated carbocycles. The van der Waals surface area contributed by atoms with Gasteiger partial charge in [-0.25, -0.2) is 13.6 Å². The SMILES string of the molecule is O=C1NC(=Cc2ccc(N3CCCC3)c(F)c2)C(=O)N1Cc1ccccc1F. The number of nitrogens with one attached hydrogen (secondary N) is 1. The third-order valence-corrected chi connectivity index (χ3v) is 4.98. The summed E-state index contributed by atoms with van der Waals surface area (Å²) in [5.74, 6) is -1.42. The maximum atomic E-state index is 14.5. The maximum Gasteiger partial charge on any atom is 0.329 e. The number of benzene rings is 2. The third kappa shape index (κ3) is 3.47. The quantitative estimate of drug-likeness (QED) is 0.648. The second-order valence-electron chi connectivity index (χ2n) is 6.88. The Balaban J connectivity index is 1.54. The van der Waals surface area contributed by atoms with Crippen LogP contribution in [-0.4, -0.2) is 29.9 Å². The first-order chi connectivity index (χ1) is 13.5. The van der Waals surface area contributed by atoms with Gasteiger partial charge in [-0.1, -0.05) is 24.3 Å². The van der Waals surface area contributed by atoms with Crippen LogP contribution in [0.5, 0.6) is 0 Å². The molecule has 2 aliphatic heterocycles. The van der Waals surface area contributed by atoms with Crippen LogP contribution in [0.15, 0.2) is 48.2 Å². The highest BCUT2D eigenvalue weighted by atomic mass is 19.1. The van der Waals surface area contributed by atoms with Gasteiger partial charge in [0.2, 0.25) is 0 Å². The summed E-state index contributed by atoms with van der Waals surface area (Å²) >= 11 is 0. The smallest absolute Gasteiger partial charge is 0.329 e. The van der Waals surface area contributed by atoms with E-state index in [2.05, 4.69) is 5.32 Å². The number of imide groups is 1. The minimum Gasteiger partial charge on any atom is -0.369 e. The van der Waals surface area contributed by atoms with Crippen LogP contribution >= 0.6 is 0 Å². The monoisotopic (exact) mass is 383 g/mol. The molecule has 0 unspecified atom stereocenters. The first-order valence-electron chi connectivity index (χ1n) is 9.15. The number of nitrogens with zero attached hydrogens (tertiary/aromatic N) is 2. The number of carbonyl (C=O) groups is 2. The highest BCUT2D eigenvalue weighted by Gasteiger charge is 2.34. The lowest BCUT2D eigenvalue weighted by atomic mass is 10.1. The predicted molar refractivity (Wildman–Crippen MR) is 101 cm³/mol. The summed E-state index contributed by atoms with van der Waals surface area (Å²) in [5.41, 5.74) is 1.29. The van der Waals surface area contributed by atoms with E-state index in [1.165, 1.54) is 30.3 Å². The molecule has 28 heavy (non-hydrogen) atoms. The molecule has 7 heteroatoms. The van der Waals surface area contributed by atoms with Gasteiger partial charge >= 0.3 is 6.03 Å². The van der Waals surface area contributed by atoms with Crippen molar-refractivity contribution in [1.29, 1.82) is 0 Å². The van der Waals surface area contributed by atoms with Gasteiger partial charge in [-0.05, 0) is 42.7 Å². The Morgan fingerprint density at radius 3 is 2.46 bits per heavy atom. The van der Waals surface area contributed by atoms with Crippen LogP contribution in [0, 0.1) is 11.6 Å². The fraction of sp³-hybridized carbons (Fsp3) is 0.238. The van der Waals surface area contributed by atoms with Gasteiger partial charge in [0.05, 0.1) is 12.2 Å². The number of amides is 3. The zero-order chi connectivity index (χ0) is 19.7. The van der Waals surface area contributed by atoms with E-state index >= 15 is 0 Å². The van der Waals surface area contributed by atoms with Gasteiger partial charge in [-0.2, -0.15) is 0 Å². The molecular formula is C21H19F2N3O2. The van der Waals surface area contributed by atoms with E-state index in [0.717, 1.165) is 30.8 Å². The molecule has 2 saturated heterocycles. The van der Waals surface area contributed by atoms with Crippen molar-refractivity contribution < 1.29 is 18.4 Å². The zero-order valence-corrected chi connectivity index (χ0v) is 15.1. The maximum absolute atomic E-state index is 14.5. The molecule has 5 nitrogen and oxygen atoms in total. The van der Waals surface area contributed by atoms with Gasteiger partial charge < -0.3 is 10.2 Å². The van der Waals surface area contributed by atoms with Gasteiger partial charge in [0.25, 0.3) is 5.91 Å². The van der Waals surface area contributed by atoms with Gasteiger partial charge in [0.1, 0.15) is 17.3 Å². The Bertz CT molecular complexity index is 968. The average Bonchev–Trinajstić information content (AvgIpc) is 3.28. The molecule has 0 bridgehead atoms. The normalized spacial score (nSPS) is 18.3. The van der Waals surface area contributed by atoms with Crippen LogP contribution in [0.3, 0.4) is 0 Å². The largest absolute Gasteiger partial charge is 0.369 e. The summed E-state index contributed by atoms with van der Waals surface area (Å²) in [5, 5.41) is 2.47. The summed E-state index contributed by atoms with van der Waals surface area (Å²) in [6.07, 6.45) is 3.52. The van der Waals surface area contributed by atoms with E-state index in [-0.39, 0.29) is 23.6 Å². The summed E-state index contributed by atoms with van der Waals surface area (Å²) in [7, 11) is 0. The summed E-state index contributed by atoms with van der Waals surface area (Å²) < 4.78 is 28.3. The third-order valence-electron chi connectivity index (χ3n) is 4.98. The number of hydrogen-bond acceptors (Lipinski definition) is 3. The Morgan fingerprint density at radius 2 is 1.75 bits per heavy atom. The lowest BCUT2D eigenvalue weighted by Gasteiger charge is -2.18. The van der Waals surface area contributed by atoms with Crippen molar-refractivity contribution in [3.05, 3.63) is 70.9 Å². The number of halogens is 2. The Labute approximate surface area is 161 Å². The highest BCUT2D eigenvalue weighted by molar-refractivity contribution is 6.13. The van der Waals surface area contributed by atoms with Crippen LogP contribution < -0.4 is 10.2 Å². The molecule has 0 atom stereocenters. The number of carbonyl (C=O) groups excluding carboxylic acids is 2. The number of rotatable bonds is 4. The summed E-state index contributed by atoms with van der Waals surface area (Å²) in [6, 6.07) is 10.1. The minimum atomic E-state index is -0.631. The molecule has 0 aromatic heterocycles. The average molecular weight is 383 g/mol. The second-order valence-corrected chi connectivity index (χ2v) is 6.88. The molecule has 2 fully saturated rings. The Kier molecular flexibility index (Phi) is 4.81. The Morgan fingerprint density at radius 1 is 1.00 bits per heavy atom. The van der Waals surface area contributed by atoms with Crippen molar-refractivity contribution in [3.63, 3.8) is 0 Å². The summed E-state index contributed by atoms with van der Waals surface area (Å²) in [6.45, 7) is 1.49. The minimum absolute atomic E-state index is 0.0367. The van der Waals surface area contributed by atoms with Crippen molar-refractivity contribution >= 4 is 23.7 Å². The van der Waals surface area contributed by atoms with Crippen LogP contribution in [0.2, 0.25) is 0 Å². The van der Waals surface area contributed by atoms with Gasteiger partial charge in [-0.3, -0.25) is 9.69 Å². The molecule has 2 aliphatic rings. The number of anilines is 1. The van der Waals surface area contributed by atoms with E-state index in [0.29, 0.717) is 11.3 Å². The fourth-order valence-electron chi connectivity index (χ4n) is 3.51. The van der Waals surface area contributed by atoms with Gasteiger partial charge in [0.15, 0.2) is 0 Å². The Hall–Kier alpha value is -3.22. The van der Waals surface area contributed by atoms with E-state index < -0.39 is 17.8 Å². The molecule has 0 radical (unpaired) electrons. The predicted octanol–water partition coefficient (Wildman–Crippen LogP) is 3.66. The standard InChI is InChI=1S/C21H19F2N3O2/c22-16-6-2-1-5-15(16)13-26-20(27)18(24-21(26)28)12-14-7-8-19(17(23)11-14)25-9-3-4-10-25/h1-2,5-8,11-12H,3-4,9-10,13H2,(H,24,28). The molecule has 0 spiro atoms. The van der Waals surface area contributed by atoms with Crippen molar-refractivity contribution in [2.45, 2.75) is 19.4 Å².